The number of benzene rings is 4. The minimum atomic E-state index is -4.39. The quantitative estimate of drug-likeness (QED) is 0.0727. The van der Waals surface area contributed by atoms with Crippen molar-refractivity contribution in [2.75, 3.05) is 50.5 Å². The SMILES string of the molecule is O=C(NS(=O)(=O)c1ccc(NCCSc2ccccc2)c([N+](=O)[O-])c1)c1ccc(-c2ccc3c(c2)ncn3CCN2CCOCC2)cc1. The van der Waals surface area contributed by atoms with Gasteiger partial charge in [-0.1, -0.05) is 36.4 Å². The number of nitro groups is 1. The Hall–Kier alpha value is -4.76. The zero-order valence-electron chi connectivity index (χ0n) is 25.9. The molecule has 2 heterocycles. The van der Waals surface area contributed by atoms with E-state index < -0.39 is 26.5 Å². The van der Waals surface area contributed by atoms with Crippen LogP contribution in [0.1, 0.15) is 10.4 Å². The molecule has 1 fully saturated rings. The van der Waals surface area contributed by atoms with Crippen molar-refractivity contribution < 1.29 is 22.9 Å². The number of thioether (sulfide) groups is 1. The molecule has 1 aliphatic heterocycles. The first-order valence-electron chi connectivity index (χ1n) is 15.4. The Bertz CT molecular complexity index is 2010. The van der Waals surface area contributed by atoms with Crippen molar-refractivity contribution in [2.45, 2.75) is 16.3 Å². The summed E-state index contributed by atoms with van der Waals surface area (Å²) >= 11 is 1.59. The van der Waals surface area contributed by atoms with Crippen molar-refractivity contribution >= 4 is 50.1 Å². The van der Waals surface area contributed by atoms with Gasteiger partial charge in [-0.3, -0.25) is 19.8 Å². The fraction of sp³-hybridized carbons (Fsp3) is 0.235. The van der Waals surface area contributed by atoms with Gasteiger partial charge in [0.15, 0.2) is 0 Å². The Morgan fingerprint density at radius 3 is 2.44 bits per heavy atom. The summed E-state index contributed by atoms with van der Waals surface area (Å²) in [5.41, 5.74) is 3.52. The van der Waals surface area contributed by atoms with Crippen molar-refractivity contribution in [3.8, 4) is 11.1 Å². The van der Waals surface area contributed by atoms with E-state index in [0.29, 0.717) is 12.3 Å². The van der Waals surface area contributed by atoms with E-state index in [1.807, 2.05) is 59.6 Å². The lowest BCUT2D eigenvalue weighted by Crippen LogP contribution is -2.38. The highest BCUT2D eigenvalue weighted by molar-refractivity contribution is 7.99. The third-order valence-corrected chi connectivity index (χ3v) is 10.3. The molecule has 48 heavy (non-hydrogen) atoms. The van der Waals surface area contributed by atoms with Gasteiger partial charge in [0.25, 0.3) is 21.6 Å². The van der Waals surface area contributed by atoms with E-state index in [4.69, 9.17) is 4.74 Å². The molecule has 14 heteroatoms. The van der Waals surface area contributed by atoms with Crippen LogP contribution in [0.5, 0.6) is 0 Å². The monoisotopic (exact) mass is 686 g/mol. The molecule has 1 amide bonds. The van der Waals surface area contributed by atoms with Crippen molar-refractivity contribution in [3.63, 3.8) is 0 Å². The number of carbonyl (C=O) groups excluding carboxylic acids is 1. The molecule has 6 rings (SSSR count). The number of aromatic nitrogens is 2. The summed E-state index contributed by atoms with van der Waals surface area (Å²) in [6.45, 7) is 5.55. The molecule has 5 aromatic rings. The molecule has 0 aliphatic carbocycles. The number of anilines is 1. The molecule has 1 aromatic heterocycles. The summed E-state index contributed by atoms with van der Waals surface area (Å²) in [6, 6.07) is 25.8. The molecule has 0 unspecified atom stereocenters. The molecule has 12 nitrogen and oxygen atoms in total. The number of morpholine rings is 1. The van der Waals surface area contributed by atoms with Gasteiger partial charge in [0.05, 0.1) is 40.4 Å². The summed E-state index contributed by atoms with van der Waals surface area (Å²) in [6.07, 6.45) is 1.84. The second kappa shape index (κ2) is 15.0. The lowest BCUT2D eigenvalue weighted by Gasteiger charge is -2.26. The molecule has 0 radical (unpaired) electrons. The van der Waals surface area contributed by atoms with Gasteiger partial charge in [-0.2, -0.15) is 0 Å². The van der Waals surface area contributed by atoms with Gasteiger partial charge in [-0.25, -0.2) is 18.1 Å². The highest BCUT2D eigenvalue weighted by Gasteiger charge is 2.24. The smallest absolute Gasteiger partial charge is 0.293 e. The van der Waals surface area contributed by atoms with Crippen LogP contribution in [0, 0.1) is 10.1 Å². The first kappa shape index (κ1) is 33.2. The summed E-state index contributed by atoms with van der Waals surface area (Å²) < 4.78 is 35.7. The van der Waals surface area contributed by atoms with Crippen molar-refractivity contribution in [1.29, 1.82) is 0 Å². The van der Waals surface area contributed by atoms with Gasteiger partial charge >= 0.3 is 0 Å². The molecule has 1 saturated heterocycles. The number of sulfonamides is 1. The minimum absolute atomic E-state index is 0.125. The Morgan fingerprint density at radius 2 is 1.69 bits per heavy atom. The molecule has 2 N–H and O–H groups in total. The first-order valence-corrected chi connectivity index (χ1v) is 17.9. The Labute approximate surface area is 282 Å². The standard InChI is InChI=1S/C34H34N6O6S2/c41-34(37-48(44,45)29-11-12-30(33(23-29)40(42)43)35-14-21-47-28-4-2-1-3-5-28)26-8-6-25(7-9-26)27-10-13-32-31(22-27)36-24-39(32)16-15-38-17-19-46-20-18-38/h1-13,22-24,35H,14-21H2,(H,37,41). The Morgan fingerprint density at radius 1 is 0.938 bits per heavy atom. The molecule has 248 valence electrons. The predicted molar refractivity (Wildman–Crippen MR) is 186 cm³/mol. The van der Waals surface area contributed by atoms with Gasteiger partial charge in [0, 0.05) is 55.0 Å². The Kier molecular flexibility index (Phi) is 10.3. The van der Waals surface area contributed by atoms with Crippen LogP contribution >= 0.6 is 11.8 Å². The van der Waals surface area contributed by atoms with Gasteiger partial charge in [0.1, 0.15) is 5.69 Å². The number of fused-ring (bicyclic) bond motifs is 1. The number of rotatable bonds is 13. The van der Waals surface area contributed by atoms with Crippen molar-refractivity contribution in [2.24, 2.45) is 0 Å². The molecule has 0 spiro atoms. The second-order valence-corrected chi connectivity index (χ2v) is 14.0. The number of nitro benzene ring substituents is 1. The molecule has 0 bridgehead atoms. The van der Waals surface area contributed by atoms with Crippen LogP contribution in [0.3, 0.4) is 0 Å². The average molecular weight is 687 g/mol. The van der Waals surface area contributed by atoms with Crippen LogP contribution in [0.2, 0.25) is 0 Å². The summed E-state index contributed by atoms with van der Waals surface area (Å²) in [5, 5.41) is 14.8. The normalized spacial score (nSPS) is 13.8. The number of nitrogens with zero attached hydrogens (tertiary/aromatic N) is 4. The highest BCUT2D eigenvalue weighted by Crippen LogP contribution is 2.29. The van der Waals surface area contributed by atoms with Gasteiger partial charge in [-0.05, 0) is 59.7 Å². The summed E-state index contributed by atoms with van der Waals surface area (Å²) in [5.74, 6) is -0.205. The molecular weight excluding hydrogens is 653 g/mol. The zero-order chi connectivity index (χ0) is 33.5. The maximum absolute atomic E-state index is 13.1. The fourth-order valence-corrected chi connectivity index (χ4v) is 7.18. The number of nitrogens with one attached hydrogen (secondary N) is 2. The number of hydrogen-bond donors (Lipinski definition) is 2. The van der Waals surface area contributed by atoms with Crippen LogP contribution in [-0.4, -0.2) is 78.8 Å². The van der Waals surface area contributed by atoms with Crippen LogP contribution in [0.25, 0.3) is 22.2 Å². The molecule has 1 aliphatic rings. The Balaban J connectivity index is 1.08. The minimum Gasteiger partial charge on any atom is -0.379 e. The molecule has 4 aromatic carbocycles. The average Bonchev–Trinajstić information content (AvgIpc) is 3.52. The van der Waals surface area contributed by atoms with Crippen LogP contribution in [0.4, 0.5) is 11.4 Å². The van der Waals surface area contributed by atoms with Gasteiger partial charge in [0.2, 0.25) is 0 Å². The number of imidazole rings is 1. The first-order chi connectivity index (χ1) is 23.3. The van der Waals surface area contributed by atoms with E-state index >= 15 is 0 Å². The van der Waals surface area contributed by atoms with E-state index in [9.17, 15) is 23.3 Å². The number of hydrogen-bond acceptors (Lipinski definition) is 10. The van der Waals surface area contributed by atoms with Gasteiger partial charge in [-0.15, -0.1) is 11.8 Å². The predicted octanol–water partition coefficient (Wildman–Crippen LogP) is 5.27. The summed E-state index contributed by atoms with van der Waals surface area (Å²) in [7, 11) is -4.39. The van der Waals surface area contributed by atoms with E-state index in [2.05, 4.69) is 19.8 Å². The number of ether oxygens (including phenoxy) is 1. The number of amides is 1. The highest BCUT2D eigenvalue weighted by atomic mass is 32.2. The zero-order valence-corrected chi connectivity index (χ0v) is 27.6. The molecule has 0 atom stereocenters. The van der Waals surface area contributed by atoms with E-state index in [1.165, 1.54) is 24.3 Å². The number of carbonyl (C=O) groups is 1. The largest absolute Gasteiger partial charge is 0.379 e. The third kappa shape index (κ3) is 8.02. The maximum atomic E-state index is 13.1. The summed E-state index contributed by atoms with van der Waals surface area (Å²) in [4.78, 5) is 31.7. The maximum Gasteiger partial charge on any atom is 0.293 e. The third-order valence-electron chi connectivity index (χ3n) is 8.00. The van der Waals surface area contributed by atoms with Crippen LogP contribution < -0.4 is 10.0 Å². The molecule has 0 saturated carbocycles. The second-order valence-electron chi connectivity index (χ2n) is 11.1. The van der Waals surface area contributed by atoms with Crippen molar-refractivity contribution in [1.82, 2.24) is 19.2 Å². The van der Waals surface area contributed by atoms with E-state index in [0.717, 1.165) is 72.5 Å². The lowest BCUT2D eigenvalue weighted by molar-refractivity contribution is -0.384. The van der Waals surface area contributed by atoms with E-state index in [1.54, 1.807) is 23.9 Å². The van der Waals surface area contributed by atoms with Gasteiger partial charge < -0.3 is 14.6 Å². The van der Waals surface area contributed by atoms with E-state index in [-0.39, 0.29) is 16.1 Å². The van der Waals surface area contributed by atoms with Crippen molar-refractivity contribution in [3.05, 3.63) is 113 Å². The lowest BCUT2D eigenvalue weighted by atomic mass is 10.0. The topological polar surface area (TPSA) is 149 Å². The fourth-order valence-electron chi connectivity index (χ4n) is 5.40. The molecular formula is C34H34N6O6S2. The van der Waals surface area contributed by atoms with Crippen LogP contribution in [0.15, 0.2) is 107 Å². The van der Waals surface area contributed by atoms with Crippen LogP contribution in [-0.2, 0) is 21.3 Å².